The molecule has 5 nitrogen and oxygen atoms in total. The van der Waals surface area contributed by atoms with E-state index in [0.29, 0.717) is 16.8 Å². The van der Waals surface area contributed by atoms with Crippen LogP contribution < -0.4 is 0 Å². The van der Waals surface area contributed by atoms with E-state index < -0.39 is 23.5 Å². The number of aryl methyl sites for hydroxylation is 1. The third kappa shape index (κ3) is 2.31. The van der Waals surface area contributed by atoms with Gasteiger partial charge in [0.25, 0.3) is 5.60 Å². The van der Waals surface area contributed by atoms with Crippen LogP contribution in [0.2, 0.25) is 0 Å². The van der Waals surface area contributed by atoms with Gasteiger partial charge in [-0.15, -0.1) is 0 Å². The number of benzene rings is 1. The van der Waals surface area contributed by atoms with Crippen LogP contribution in [0.15, 0.2) is 23.4 Å². The molecule has 0 spiro atoms. The Morgan fingerprint density at radius 1 is 1.53 bits per heavy atom. The fraction of sp³-hybridized carbons (Fsp3) is 0.385. The summed E-state index contributed by atoms with van der Waals surface area (Å²) >= 11 is 0. The number of halogens is 1. The largest absolute Gasteiger partial charge is 0.478 e. The first-order chi connectivity index (χ1) is 8.85. The number of carboxylic acid groups (broad SMARTS) is 1. The van der Waals surface area contributed by atoms with Crippen molar-refractivity contribution in [3.8, 4) is 0 Å². The predicted molar refractivity (Wildman–Crippen MR) is 65.4 cm³/mol. The molecule has 0 fully saturated rings. The molecule has 0 radical (unpaired) electrons. The van der Waals surface area contributed by atoms with E-state index >= 15 is 0 Å². The number of aliphatic hydroxyl groups is 1. The molecule has 0 saturated heterocycles. The summed E-state index contributed by atoms with van der Waals surface area (Å²) in [7, 11) is 0. The second-order valence-electron chi connectivity index (χ2n) is 4.69. The lowest BCUT2D eigenvalue weighted by atomic mass is 9.89. The molecule has 19 heavy (non-hydrogen) atoms. The first kappa shape index (κ1) is 13.5. The number of aliphatic hydroxyl groups excluding tert-OH is 1. The first-order valence-electron chi connectivity index (χ1n) is 5.79. The number of carboxylic acids is 1. The molecule has 6 heteroatoms. The van der Waals surface area contributed by atoms with Crippen molar-refractivity contribution >= 4 is 11.7 Å². The molecule has 2 atom stereocenters. The zero-order valence-electron chi connectivity index (χ0n) is 10.6. The second kappa shape index (κ2) is 4.62. The highest BCUT2D eigenvalue weighted by atomic mass is 19.1. The maximum atomic E-state index is 13.3. The van der Waals surface area contributed by atoms with E-state index in [1.165, 1.54) is 19.1 Å². The van der Waals surface area contributed by atoms with Gasteiger partial charge in [-0.05, 0) is 37.6 Å². The summed E-state index contributed by atoms with van der Waals surface area (Å²) in [5.41, 5.74) is -0.329. The van der Waals surface area contributed by atoms with Crippen molar-refractivity contribution in [1.29, 1.82) is 0 Å². The molecule has 1 aromatic rings. The van der Waals surface area contributed by atoms with Crippen molar-refractivity contribution < 1.29 is 24.2 Å². The molecule has 1 heterocycles. The highest BCUT2D eigenvalue weighted by molar-refractivity contribution is 6.04. The van der Waals surface area contributed by atoms with Crippen LogP contribution in [0.4, 0.5) is 4.39 Å². The maximum absolute atomic E-state index is 13.3. The molecule has 0 amide bonds. The van der Waals surface area contributed by atoms with E-state index in [-0.39, 0.29) is 6.42 Å². The van der Waals surface area contributed by atoms with Gasteiger partial charge in [-0.2, -0.15) is 0 Å². The monoisotopic (exact) mass is 267 g/mol. The summed E-state index contributed by atoms with van der Waals surface area (Å²) in [5.74, 6) is -1.73. The first-order valence-corrected chi connectivity index (χ1v) is 5.79. The third-order valence-electron chi connectivity index (χ3n) is 3.16. The van der Waals surface area contributed by atoms with Crippen molar-refractivity contribution in [3.05, 3.63) is 35.1 Å². The number of hydrogen-bond donors (Lipinski definition) is 2. The molecule has 102 valence electrons. The van der Waals surface area contributed by atoms with Crippen LogP contribution in [0, 0.1) is 12.7 Å². The molecule has 2 unspecified atom stereocenters. The highest BCUT2D eigenvalue weighted by Gasteiger charge is 2.51. The molecule has 2 rings (SSSR count). The zero-order chi connectivity index (χ0) is 14.2. The smallest absolute Gasteiger partial charge is 0.354 e. The Bertz CT molecular complexity index is 535. The van der Waals surface area contributed by atoms with Crippen LogP contribution in [0.25, 0.3) is 0 Å². The van der Waals surface area contributed by atoms with Gasteiger partial charge in [-0.3, -0.25) is 0 Å². The Morgan fingerprint density at radius 2 is 2.21 bits per heavy atom. The molecular formula is C13H14FNO4. The summed E-state index contributed by atoms with van der Waals surface area (Å²) in [6.07, 6.45) is -1.34. The van der Waals surface area contributed by atoms with Gasteiger partial charge in [0.15, 0.2) is 0 Å². The number of aliphatic carboxylic acids is 1. The Morgan fingerprint density at radius 3 is 2.68 bits per heavy atom. The van der Waals surface area contributed by atoms with Gasteiger partial charge in [-0.25, -0.2) is 9.18 Å². The van der Waals surface area contributed by atoms with Gasteiger partial charge >= 0.3 is 5.97 Å². The average Bonchev–Trinajstić information content (AvgIpc) is 2.73. The Labute approximate surface area is 109 Å². The van der Waals surface area contributed by atoms with Crippen LogP contribution in [-0.4, -0.2) is 33.6 Å². The maximum Gasteiger partial charge on any atom is 0.354 e. The number of carbonyl (C=O) groups is 1. The lowest BCUT2D eigenvalue weighted by Gasteiger charge is -2.24. The standard InChI is InChI=1S/C13H14FNO4/c1-7-3-9(5-10(14)4-7)11-6-13(8(2)16,12(17)18)19-15-11/h3-5,8,16H,6H2,1-2H3,(H,17,18). The van der Waals surface area contributed by atoms with Crippen LogP contribution in [0.1, 0.15) is 24.5 Å². The topological polar surface area (TPSA) is 79.1 Å². The van der Waals surface area contributed by atoms with Crippen LogP contribution in [0.3, 0.4) is 0 Å². The normalized spacial score (nSPS) is 23.7. The van der Waals surface area contributed by atoms with Gasteiger partial charge in [0.1, 0.15) is 11.9 Å². The summed E-state index contributed by atoms with van der Waals surface area (Å²) in [6.45, 7) is 3.05. The fourth-order valence-corrected chi connectivity index (χ4v) is 2.02. The Balaban J connectivity index is 2.33. The molecule has 1 aliphatic rings. The summed E-state index contributed by atoms with van der Waals surface area (Å²) in [5, 5.41) is 22.5. The van der Waals surface area contributed by atoms with Crippen molar-refractivity contribution in [2.24, 2.45) is 5.16 Å². The van der Waals surface area contributed by atoms with Crippen LogP contribution in [0.5, 0.6) is 0 Å². The minimum atomic E-state index is -1.80. The zero-order valence-corrected chi connectivity index (χ0v) is 10.6. The van der Waals surface area contributed by atoms with Gasteiger partial charge < -0.3 is 15.1 Å². The van der Waals surface area contributed by atoms with E-state index in [4.69, 9.17) is 4.84 Å². The SMILES string of the molecule is Cc1cc(F)cc(C2=NOC(C(=O)O)(C(C)O)C2)c1. The van der Waals surface area contributed by atoms with Crippen LogP contribution in [-0.2, 0) is 9.63 Å². The minimum absolute atomic E-state index is 0.108. The van der Waals surface area contributed by atoms with Crippen molar-refractivity contribution in [1.82, 2.24) is 0 Å². The molecule has 0 aromatic heterocycles. The van der Waals surface area contributed by atoms with Gasteiger partial charge in [-0.1, -0.05) is 5.16 Å². The third-order valence-corrected chi connectivity index (χ3v) is 3.16. The Kier molecular flexibility index (Phi) is 3.28. The molecule has 0 saturated carbocycles. The number of oxime groups is 1. The fourth-order valence-electron chi connectivity index (χ4n) is 2.02. The van der Waals surface area contributed by atoms with E-state index in [0.717, 1.165) is 0 Å². The lowest BCUT2D eigenvalue weighted by Crippen LogP contribution is -2.48. The van der Waals surface area contributed by atoms with Crippen molar-refractivity contribution in [2.75, 3.05) is 0 Å². The molecule has 1 aromatic carbocycles. The quantitative estimate of drug-likeness (QED) is 0.869. The molecule has 2 N–H and O–H groups in total. The number of hydrogen-bond acceptors (Lipinski definition) is 4. The van der Waals surface area contributed by atoms with Crippen molar-refractivity contribution in [2.45, 2.75) is 32.0 Å². The predicted octanol–water partition coefficient (Wildman–Crippen LogP) is 1.46. The second-order valence-corrected chi connectivity index (χ2v) is 4.69. The molecular weight excluding hydrogens is 253 g/mol. The molecule has 0 aliphatic carbocycles. The van der Waals surface area contributed by atoms with Gasteiger partial charge in [0, 0.05) is 5.56 Å². The number of nitrogens with zero attached hydrogens (tertiary/aromatic N) is 1. The van der Waals surface area contributed by atoms with Crippen molar-refractivity contribution in [3.63, 3.8) is 0 Å². The summed E-state index contributed by atoms with van der Waals surface area (Å²) in [4.78, 5) is 16.2. The van der Waals surface area contributed by atoms with E-state index in [9.17, 15) is 19.4 Å². The summed E-state index contributed by atoms with van der Waals surface area (Å²) in [6, 6.07) is 4.30. The average molecular weight is 267 g/mol. The highest BCUT2D eigenvalue weighted by Crippen LogP contribution is 2.31. The summed E-state index contributed by atoms with van der Waals surface area (Å²) < 4.78 is 13.3. The Hall–Kier alpha value is -1.95. The van der Waals surface area contributed by atoms with Gasteiger partial charge in [0.05, 0.1) is 12.1 Å². The van der Waals surface area contributed by atoms with Crippen LogP contribution >= 0.6 is 0 Å². The molecule has 0 bridgehead atoms. The lowest BCUT2D eigenvalue weighted by molar-refractivity contribution is -0.176. The van der Waals surface area contributed by atoms with E-state index in [1.54, 1.807) is 13.0 Å². The van der Waals surface area contributed by atoms with Gasteiger partial charge in [0.2, 0.25) is 0 Å². The van der Waals surface area contributed by atoms with E-state index in [1.807, 2.05) is 0 Å². The number of rotatable bonds is 3. The molecule has 1 aliphatic heterocycles. The minimum Gasteiger partial charge on any atom is -0.478 e. The van der Waals surface area contributed by atoms with E-state index in [2.05, 4.69) is 5.16 Å².